The Kier molecular flexibility index (Phi) is 4.92. The summed E-state index contributed by atoms with van der Waals surface area (Å²) in [5, 5.41) is 13.0. The number of hydrogen-bond acceptors (Lipinski definition) is 5. The number of hydrogen-bond donors (Lipinski definition) is 1. The first-order chi connectivity index (χ1) is 10.8. The number of ether oxygens (including phenoxy) is 3. The Labute approximate surface area is 128 Å². The average molecular weight is 305 g/mol. The van der Waals surface area contributed by atoms with Gasteiger partial charge in [0.05, 0.1) is 32.0 Å². The number of fused-ring (bicyclic) bond motifs is 1. The molecule has 2 saturated heterocycles. The monoisotopic (exact) mass is 305 g/mol. The highest BCUT2D eigenvalue weighted by atomic mass is 16.6. The minimum Gasteiger partial charge on any atom is -0.394 e. The molecule has 1 aromatic rings. The SMILES string of the molecule is [N-]=[N+]=NC[C@@H]1C[C@@H]2O[C@H](CO)[C@@H](OCc3ccccc3)[C@@H]2O1. The fourth-order valence-electron chi connectivity index (χ4n) is 3.06. The number of azide groups is 1. The molecule has 22 heavy (non-hydrogen) atoms. The third-order valence-corrected chi connectivity index (χ3v) is 4.06. The third kappa shape index (κ3) is 3.24. The van der Waals surface area contributed by atoms with Crippen molar-refractivity contribution in [2.45, 2.75) is 43.5 Å². The van der Waals surface area contributed by atoms with Crippen molar-refractivity contribution in [3.8, 4) is 0 Å². The quantitative estimate of drug-likeness (QED) is 0.492. The zero-order valence-corrected chi connectivity index (χ0v) is 12.1. The fourth-order valence-corrected chi connectivity index (χ4v) is 3.06. The van der Waals surface area contributed by atoms with Crippen LogP contribution in [0.25, 0.3) is 10.4 Å². The predicted molar refractivity (Wildman–Crippen MR) is 78.1 cm³/mol. The van der Waals surface area contributed by atoms with Gasteiger partial charge in [-0.05, 0) is 11.1 Å². The van der Waals surface area contributed by atoms with Gasteiger partial charge in [0.2, 0.25) is 0 Å². The van der Waals surface area contributed by atoms with Crippen LogP contribution in [0.4, 0.5) is 0 Å². The molecule has 7 heteroatoms. The summed E-state index contributed by atoms with van der Waals surface area (Å²) < 4.78 is 17.7. The van der Waals surface area contributed by atoms with Gasteiger partial charge in [-0.2, -0.15) is 0 Å². The van der Waals surface area contributed by atoms with Gasteiger partial charge >= 0.3 is 0 Å². The molecule has 7 nitrogen and oxygen atoms in total. The molecule has 118 valence electrons. The Balaban J connectivity index is 1.62. The lowest BCUT2D eigenvalue weighted by Gasteiger charge is -2.22. The molecular formula is C15H19N3O4. The van der Waals surface area contributed by atoms with Crippen LogP contribution in [0.15, 0.2) is 35.4 Å². The van der Waals surface area contributed by atoms with Gasteiger partial charge in [-0.1, -0.05) is 35.4 Å². The fraction of sp³-hybridized carbons (Fsp3) is 0.600. The maximum absolute atomic E-state index is 9.47. The van der Waals surface area contributed by atoms with E-state index in [1.165, 1.54) is 0 Å². The topological polar surface area (TPSA) is 96.7 Å². The lowest BCUT2D eigenvalue weighted by Crippen LogP contribution is -2.37. The molecule has 3 rings (SSSR count). The minimum absolute atomic E-state index is 0.100. The normalized spacial score (nSPS) is 33.4. The zero-order valence-electron chi connectivity index (χ0n) is 12.1. The van der Waals surface area contributed by atoms with E-state index in [4.69, 9.17) is 19.7 Å². The Morgan fingerprint density at radius 2 is 2.14 bits per heavy atom. The Morgan fingerprint density at radius 1 is 1.32 bits per heavy atom. The molecule has 0 aliphatic carbocycles. The van der Waals surface area contributed by atoms with Crippen LogP contribution in [0.1, 0.15) is 12.0 Å². The summed E-state index contributed by atoms with van der Waals surface area (Å²) >= 11 is 0. The molecule has 0 bridgehead atoms. The molecule has 1 aromatic carbocycles. The van der Waals surface area contributed by atoms with Crippen molar-refractivity contribution in [3.63, 3.8) is 0 Å². The molecule has 2 aliphatic rings. The highest BCUT2D eigenvalue weighted by Crippen LogP contribution is 2.36. The molecule has 0 aromatic heterocycles. The van der Waals surface area contributed by atoms with Gasteiger partial charge in [0.1, 0.15) is 18.3 Å². The molecule has 0 unspecified atom stereocenters. The first-order valence-corrected chi connectivity index (χ1v) is 7.40. The second kappa shape index (κ2) is 7.09. The maximum Gasteiger partial charge on any atom is 0.115 e. The van der Waals surface area contributed by atoms with E-state index < -0.39 is 0 Å². The summed E-state index contributed by atoms with van der Waals surface area (Å²) in [6.07, 6.45) is -0.513. The van der Waals surface area contributed by atoms with Crippen LogP contribution in [0, 0.1) is 0 Å². The maximum atomic E-state index is 9.47. The van der Waals surface area contributed by atoms with E-state index in [-0.39, 0.29) is 37.1 Å². The lowest BCUT2D eigenvalue weighted by atomic mass is 10.1. The number of nitrogens with zero attached hydrogens (tertiary/aromatic N) is 3. The van der Waals surface area contributed by atoms with Gasteiger partial charge in [0.15, 0.2) is 0 Å². The van der Waals surface area contributed by atoms with Crippen molar-refractivity contribution in [1.29, 1.82) is 0 Å². The summed E-state index contributed by atoms with van der Waals surface area (Å²) in [6.45, 7) is 0.637. The summed E-state index contributed by atoms with van der Waals surface area (Å²) in [4.78, 5) is 2.75. The molecule has 2 fully saturated rings. The van der Waals surface area contributed by atoms with Gasteiger partial charge in [-0.25, -0.2) is 0 Å². The second-order valence-corrected chi connectivity index (χ2v) is 5.53. The minimum atomic E-state index is -0.376. The van der Waals surface area contributed by atoms with Crippen molar-refractivity contribution in [2.75, 3.05) is 13.2 Å². The summed E-state index contributed by atoms with van der Waals surface area (Å²) in [6, 6.07) is 9.84. The van der Waals surface area contributed by atoms with Crippen molar-refractivity contribution < 1.29 is 19.3 Å². The number of aliphatic hydroxyl groups excluding tert-OH is 1. The van der Waals surface area contributed by atoms with E-state index in [2.05, 4.69) is 10.0 Å². The molecule has 0 spiro atoms. The number of rotatable bonds is 6. The second-order valence-electron chi connectivity index (χ2n) is 5.53. The van der Waals surface area contributed by atoms with Crippen LogP contribution in [0.2, 0.25) is 0 Å². The van der Waals surface area contributed by atoms with E-state index >= 15 is 0 Å². The van der Waals surface area contributed by atoms with Crippen molar-refractivity contribution in [2.24, 2.45) is 5.11 Å². The summed E-state index contributed by atoms with van der Waals surface area (Å²) in [5.41, 5.74) is 9.45. The standard InChI is InChI=1S/C15H19N3O4/c16-18-17-7-11-6-12-15(21-11)14(13(8-19)22-12)20-9-10-4-2-1-3-5-10/h1-5,11-15,19H,6-9H2/t11-,12-,13+,14+,15+/m0/s1. The van der Waals surface area contributed by atoms with Gasteiger partial charge < -0.3 is 19.3 Å². The van der Waals surface area contributed by atoms with Crippen LogP contribution in [-0.4, -0.2) is 48.8 Å². The first kappa shape index (κ1) is 15.3. The van der Waals surface area contributed by atoms with E-state index in [0.717, 1.165) is 5.56 Å². The van der Waals surface area contributed by atoms with Crippen molar-refractivity contribution >= 4 is 0 Å². The van der Waals surface area contributed by atoms with Gasteiger partial charge in [0, 0.05) is 11.3 Å². The molecule has 2 heterocycles. The Morgan fingerprint density at radius 3 is 2.86 bits per heavy atom. The van der Waals surface area contributed by atoms with Crippen LogP contribution in [0.5, 0.6) is 0 Å². The van der Waals surface area contributed by atoms with Gasteiger partial charge in [-0.15, -0.1) is 0 Å². The van der Waals surface area contributed by atoms with E-state index in [1.807, 2.05) is 30.3 Å². The van der Waals surface area contributed by atoms with Crippen LogP contribution in [-0.2, 0) is 20.8 Å². The summed E-state index contributed by atoms with van der Waals surface area (Å²) in [5.74, 6) is 0. The van der Waals surface area contributed by atoms with Crippen LogP contribution < -0.4 is 0 Å². The van der Waals surface area contributed by atoms with Crippen LogP contribution in [0.3, 0.4) is 0 Å². The highest BCUT2D eigenvalue weighted by molar-refractivity contribution is 5.13. The lowest BCUT2D eigenvalue weighted by molar-refractivity contribution is -0.0903. The smallest absolute Gasteiger partial charge is 0.115 e. The van der Waals surface area contributed by atoms with Gasteiger partial charge in [0.25, 0.3) is 0 Å². The zero-order chi connectivity index (χ0) is 15.4. The molecular weight excluding hydrogens is 286 g/mol. The number of benzene rings is 1. The largest absolute Gasteiger partial charge is 0.394 e. The third-order valence-electron chi connectivity index (χ3n) is 4.06. The molecule has 0 amide bonds. The van der Waals surface area contributed by atoms with Crippen molar-refractivity contribution in [3.05, 3.63) is 46.3 Å². The summed E-state index contributed by atoms with van der Waals surface area (Å²) in [7, 11) is 0. The van der Waals surface area contributed by atoms with E-state index in [0.29, 0.717) is 19.6 Å². The molecule has 0 radical (unpaired) electrons. The molecule has 5 atom stereocenters. The van der Waals surface area contributed by atoms with Crippen LogP contribution >= 0.6 is 0 Å². The Hall–Kier alpha value is -1.63. The number of aliphatic hydroxyl groups is 1. The van der Waals surface area contributed by atoms with Crippen molar-refractivity contribution in [1.82, 2.24) is 0 Å². The average Bonchev–Trinajstić information content (AvgIpc) is 3.09. The molecule has 2 aliphatic heterocycles. The Bertz CT molecular complexity index is 535. The first-order valence-electron chi connectivity index (χ1n) is 7.40. The highest BCUT2D eigenvalue weighted by Gasteiger charge is 2.51. The van der Waals surface area contributed by atoms with Gasteiger partial charge in [-0.3, -0.25) is 0 Å². The molecule has 0 saturated carbocycles. The van der Waals surface area contributed by atoms with E-state index in [1.54, 1.807) is 0 Å². The molecule has 1 N–H and O–H groups in total. The van der Waals surface area contributed by atoms with E-state index in [9.17, 15) is 5.11 Å². The predicted octanol–water partition coefficient (Wildman–Crippen LogP) is 1.80.